The van der Waals surface area contributed by atoms with Crippen molar-refractivity contribution in [3.63, 3.8) is 0 Å². The zero-order chi connectivity index (χ0) is 14.8. The van der Waals surface area contributed by atoms with Gasteiger partial charge in [0, 0.05) is 23.7 Å². The van der Waals surface area contributed by atoms with Crippen molar-refractivity contribution >= 4 is 21.6 Å². The number of benzene rings is 1. The molecule has 0 aromatic heterocycles. The van der Waals surface area contributed by atoms with Gasteiger partial charge in [0.05, 0.1) is 5.75 Å². The molecule has 0 saturated carbocycles. The molecule has 1 aromatic carbocycles. The predicted octanol–water partition coefficient (Wildman–Crippen LogP) is 1.98. The Morgan fingerprint density at radius 3 is 2.85 bits per heavy atom. The van der Waals surface area contributed by atoms with E-state index in [0.29, 0.717) is 23.7 Å². The van der Waals surface area contributed by atoms with Crippen LogP contribution in [-0.2, 0) is 16.6 Å². The molecule has 1 fully saturated rings. The molecule has 1 aromatic rings. The van der Waals surface area contributed by atoms with Gasteiger partial charge in [-0.2, -0.15) is 0 Å². The zero-order valence-corrected chi connectivity index (χ0v) is 12.6. The van der Waals surface area contributed by atoms with Gasteiger partial charge in [-0.3, -0.25) is 4.90 Å². The van der Waals surface area contributed by atoms with Crippen LogP contribution in [0.5, 0.6) is 0 Å². The van der Waals surface area contributed by atoms with Crippen LogP contribution in [-0.4, -0.2) is 32.2 Å². The van der Waals surface area contributed by atoms with E-state index in [1.807, 2.05) is 0 Å². The fourth-order valence-electron chi connectivity index (χ4n) is 2.65. The van der Waals surface area contributed by atoms with E-state index >= 15 is 0 Å². The summed E-state index contributed by atoms with van der Waals surface area (Å²) in [6, 6.07) is 4.62. The molecule has 112 valence electrons. The van der Waals surface area contributed by atoms with Crippen LogP contribution in [0.3, 0.4) is 0 Å². The van der Waals surface area contributed by atoms with E-state index in [4.69, 9.17) is 16.7 Å². The molecule has 1 unspecified atom stereocenters. The normalized spacial score (nSPS) is 21.1. The second-order valence-electron chi connectivity index (χ2n) is 5.31. The van der Waals surface area contributed by atoms with Gasteiger partial charge in [-0.1, -0.05) is 17.7 Å². The summed E-state index contributed by atoms with van der Waals surface area (Å²) in [5.74, 6) is -0.313. The average molecular weight is 321 g/mol. The van der Waals surface area contributed by atoms with E-state index in [9.17, 15) is 12.8 Å². The molecule has 0 spiro atoms. The number of hydrogen-bond acceptors (Lipinski definition) is 3. The van der Waals surface area contributed by atoms with Gasteiger partial charge >= 0.3 is 0 Å². The molecule has 1 saturated heterocycles. The highest BCUT2D eigenvalue weighted by molar-refractivity contribution is 7.89. The number of nitrogens with two attached hydrogens (primary N) is 1. The lowest BCUT2D eigenvalue weighted by molar-refractivity contribution is 0.176. The van der Waals surface area contributed by atoms with Gasteiger partial charge in [0.2, 0.25) is 10.0 Å². The van der Waals surface area contributed by atoms with Crippen molar-refractivity contribution in [1.82, 2.24) is 4.90 Å². The fraction of sp³-hybridized carbons (Fsp3) is 0.538. The van der Waals surface area contributed by atoms with Gasteiger partial charge in [0.25, 0.3) is 0 Å². The minimum absolute atomic E-state index is 0.00734. The maximum Gasteiger partial charge on any atom is 0.209 e. The molecule has 0 aliphatic carbocycles. The van der Waals surface area contributed by atoms with E-state index in [-0.39, 0.29) is 17.5 Å². The van der Waals surface area contributed by atoms with E-state index in [1.54, 1.807) is 12.1 Å². The fourth-order valence-corrected chi connectivity index (χ4v) is 3.74. The first-order valence-electron chi connectivity index (χ1n) is 6.50. The van der Waals surface area contributed by atoms with Gasteiger partial charge in [0.1, 0.15) is 5.82 Å². The molecule has 1 aliphatic rings. The van der Waals surface area contributed by atoms with Crippen LogP contribution in [0.1, 0.15) is 18.4 Å². The van der Waals surface area contributed by atoms with E-state index in [2.05, 4.69) is 4.90 Å². The highest BCUT2D eigenvalue weighted by Gasteiger charge is 2.24. The Balaban J connectivity index is 1.99. The van der Waals surface area contributed by atoms with Crippen molar-refractivity contribution in [2.45, 2.75) is 19.4 Å². The van der Waals surface area contributed by atoms with Crippen LogP contribution in [0, 0.1) is 11.7 Å². The summed E-state index contributed by atoms with van der Waals surface area (Å²) in [7, 11) is -3.45. The highest BCUT2D eigenvalue weighted by Crippen LogP contribution is 2.21. The molecular weight excluding hydrogens is 303 g/mol. The van der Waals surface area contributed by atoms with Gasteiger partial charge in [-0.05, 0) is 37.4 Å². The molecule has 20 heavy (non-hydrogen) atoms. The maximum absolute atomic E-state index is 13.7. The Morgan fingerprint density at radius 1 is 1.45 bits per heavy atom. The molecule has 0 amide bonds. The van der Waals surface area contributed by atoms with Crippen molar-refractivity contribution in [2.75, 3.05) is 18.8 Å². The van der Waals surface area contributed by atoms with Crippen LogP contribution in [0.15, 0.2) is 18.2 Å². The van der Waals surface area contributed by atoms with Gasteiger partial charge in [-0.25, -0.2) is 17.9 Å². The minimum Gasteiger partial charge on any atom is -0.299 e. The van der Waals surface area contributed by atoms with E-state index in [1.165, 1.54) is 6.07 Å². The average Bonchev–Trinajstić information content (AvgIpc) is 2.31. The quantitative estimate of drug-likeness (QED) is 0.922. The molecular formula is C13H18ClFN2O2S. The Kier molecular flexibility index (Phi) is 5.01. The van der Waals surface area contributed by atoms with Gasteiger partial charge in [-0.15, -0.1) is 0 Å². The minimum atomic E-state index is -3.45. The van der Waals surface area contributed by atoms with Crippen LogP contribution >= 0.6 is 11.6 Å². The molecule has 0 bridgehead atoms. The number of likely N-dealkylation sites (tertiary alicyclic amines) is 1. The second-order valence-corrected chi connectivity index (χ2v) is 7.40. The van der Waals surface area contributed by atoms with Crippen molar-refractivity contribution in [3.05, 3.63) is 34.6 Å². The molecule has 4 nitrogen and oxygen atoms in total. The smallest absolute Gasteiger partial charge is 0.209 e. The molecule has 0 radical (unpaired) electrons. The Hall–Kier alpha value is -0.690. The summed E-state index contributed by atoms with van der Waals surface area (Å²) in [6.07, 6.45) is 1.74. The van der Waals surface area contributed by atoms with Crippen molar-refractivity contribution in [3.8, 4) is 0 Å². The van der Waals surface area contributed by atoms with E-state index < -0.39 is 10.0 Å². The zero-order valence-electron chi connectivity index (χ0n) is 11.1. The Labute approximate surface area is 123 Å². The maximum atomic E-state index is 13.7. The molecule has 2 N–H and O–H groups in total. The summed E-state index contributed by atoms with van der Waals surface area (Å²) < 4.78 is 36.0. The summed E-state index contributed by atoms with van der Waals surface area (Å²) in [5.41, 5.74) is 0.575. The predicted molar refractivity (Wildman–Crippen MR) is 77.4 cm³/mol. The molecule has 7 heteroatoms. The Morgan fingerprint density at radius 2 is 2.20 bits per heavy atom. The number of nitrogens with zero attached hydrogens (tertiary/aromatic N) is 1. The third-order valence-corrected chi connectivity index (χ3v) is 4.65. The summed E-state index contributed by atoms with van der Waals surface area (Å²) in [6.45, 7) is 1.92. The van der Waals surface area contributed by atoms with Crippen LogP contribution in [0.4, 0.5) is 4.39 Å². The lowest BCUT2D eigenvalue weighted by atomic mass is 9.99. The number of hydrogen-bond donors (Lipinski definition) is 1. The number of sulfonamides is 1. The first-order valence-corrected chi connectivity index (χ1v) is 8.59. The third kappa shape index (κ3) is 4.70. The summed E-state index contributed by atoms with van der Waals surface area (Å²) >= 11 is 5.72. The standard InChI is InChI=1S/C13H18ClFN2O2S/c14-12-4-3-11(13(15)6-12)8-17-5-1-2-10(7-17)9-20(16,18)19/h3-4,6,10H,1-2,5,7-9H2,(H2,16,18,19). The molecule has 1 atom stereocenters. The van der Waals surface area contributed by atoms with Gasteiger partial charge < -0.3 is 0 Å². The van der Waals surface area contributed by atoms with Crippen LogP contribution in [0.25, 0.3) is 0 Å². The SMILES string of the molecule is NS(=O)(=O)CC1CCCN(Cc2ccc(Cl)cc2F)C1. The number of primary sulfonamides is 1. The number of rotatable bonds is 4. The largest absolute Gasteiger partial charge is 0.299 e. The Bertz CT molecular complexity index is 580. The second kappa shape index (κ2) is 6.39. The van der Waals surface area contributed by atoms with Crippen molar-refractivity contribution < 1.29 is 12.8 Å². The van der Waals surface area contributed by atoms with Crippen LogP contribution in [0.2, 0.25) is 5.02 Å². The number of halogens is 2. The molecule has 1 heterocycles. The highest BCUT2D eigenvalue weighted by atomic mass is 35.5. The van der Waals surface area contributed by atoms with Crippen LogP contribution < -0.4 is 5.14 Å². The lowest BCUT2D eigenvalue weighted by Crippen LogP contribution is -2.39. The summed E-state index contributed by atoms with van der Waals surface area (Å²) in [5, 5.41) is 5.46. The summed E-state index contributed by atoms with van der Waals surface area (Å²) in [4.78, 5) is 2.06. The topological polar surface area (TPSA) is 63.4 Å². The third-order valence-electron chi connectivity index (χ3n) is 3.48. The first-order chi connectivity index (χ1) is 9.33. The van der Waals surface area contributed by atoms with Gasteiger partial charge in [0.15, 0.2) is 0 Å². The monoisotopic (exact) mass is 320 g/mol. The molecule has 2 rings (SSSR count). The van der Waals surface area contributed by atoms with Crippen molar-refractivity contribution in [2.24, 2.45) is 11.1 Å². The lowest BCUT2D eigenvalue weighted by Gasteiger charge is -2.32. The first kappa shape index (κ1) is 15.7. The molecule has 1 aliphatic heterocycles. The van der Waals surface area contributed by atoms with Crippen molar-refractivity contribution in [1.29, 1.82) is 0 Å². The number of piperidine rings is 1. The van der Waals surface area contributed by atoms with E-state index in [0.717, 1.165) is 19.4 Å².